The summed E-state index contributed by atoms with van der Waals surface area (Å²) in [6, 6.07) is 21.5. The Morgan fingerprint density at radius 1 is 1.00 bits per heavy atom. The van der Waals surface area contributed by atoms with Crippen LogP contribution >= 0.6 is 0 Å². The van der Waals surface area contributed by atoms with Gasteiger partial charge in [0.1, 0.15) is 12.4 Å². The molecule has 5 rings (SSSR count). The van der Waals surface area contributed by atoms with Gasteiger partial charge in [-0.2, -0.15) is 0 Å². The first-order valence-corrected chi connectivity index (χ1v) is 9.88. The minimum absolute atomic E-state index is 0.133. The lowest BCUT2D eigenvalue weighted by molar-refractivity contribution is -0.125. The molecule has 1 atom stereocenters. The fourth-order valence-corrected chi connectivity index (χ4v) is 3.61. The van der Waals surface area contributed by atoms with Crippen LogP contribution in [-0.2, 0) is 4.79 Å². The molecule has 0 bridgehead atoms. The predicted molar refractivity (Wildman–Crippen MR) is 117 cm³/mol. The molecule has 1 N–H and O–H groups in total. The van der Waals surface area contributed by atoms with E-state index in [2.05, 4.69) is 10.3 Å². The Morgan fingerprint density at radius 3 is 2.52 bits per heavy atom. The second-order valence-corrected chi connectivity index (χ2v) is 7.22. The van der Waals surface area contributed by atoms with Crippen molar-refractivity contribution in [1.82, 2.24) is 9.55 Å². The molecule has 0 saturated heterocycles. The summed E-state index contributed by atoms with van der Waals surface area (Å²) in [6.07, 6.45) is -0.746. The molecule has 2 heterocycles. The third-order valence-electron chi connectivity index (χ3n) is 5.14. The number of nitrogens with one attached hydrogen (secondary N) is 1. The lowest BCUT2D eigenvalue weighted by Gasteiger charge is -2.25. The topological polar surface area (TPSA) is 82.5 Å². The number of fused-ring (bicyclic) bond motifs is 2. The Labute approximate surface area is 177 Å². The Morgan fingerprint density at radius 2 is 1.71 bits per heavy atom. The highest BCUT2D eigenvalue weighted by molar-refractivity contribution is 5.94. The standard InChI is InChI=1S/C24H19N3O4/c1-15-25-19-7-3-2-6-18(19)24(29)27(15)17-12-10-16(11-13-17)26-23(28)22-14-30-20-8-4-5-9-21(20)31-22/h2-13,22H,14H2,1H3,(H,26,28). The molecule has 4 aromatic rings. The molecule has 1 aliphatic heterocycles. The van der Waals surface area contributed by atoms with Gasteiger partial charge in [0.25, 0.3) is 11.5 Å². The lowest BCUT2D eigenvalue weighted by Crippen LogP contribution is -2.40. The summed E-state index contributed by atoms with van der Waals surface area (Å²) in [4.78, 5) is 30.1. The second kappa shape index (κ2) is 7.60. The van der Waals surface area contributed by atoms with Crippen LogP contribution in [0.25, 0.3) is 16.6 Å². The van der Waals surface area contributed by atoms with E-state index in [0.717, 1.165) is 0 Å². The van der Waals surface area contributed by atoms with E-state index in [9.17, 15) is 9.59 Å². The van der Waals surface area contributed by atoms with Crippen molar-refractivity contribution >= 4 is 22.5 Å². The molecule has 7 nitrogen and oxygen atoms in total. The Hall–Kier alpha value is -4.13. The van der Waals surface area contributed by atoms with Crippen LogP contribution in [0.15, 0.2) is 77.6 Å². The smallest absolute Gasteiger partial charge is 0.269 e. The maximum atomic E-state index is 12.9. The number of aromatic nitrogens is 2. The van der Waals surface area contributed by atoms with Crippen molar-refractivity contribution in [2.75, 3.05) is 11.9 Å². The number of aryl methyl sites for hydroxylation is 1. The number of rotatable bonds is 3. The van der Waals surface area contributed by atoms with Crippen molar-refractivity contribution < 1.29 is 14.3 Å². The summed E-state index contributed by atoms with van der Waals surface area (Å²) in [6.45, 7) is 1.93. The number of anilines is 1. The molecule has 0 spiro atoms. The summed E-state index contributed by atoms with van der Waals surface area (Å²) >= 11 is 0. The third kappa shape index (κ3) is 3.50. The summed E-state index contributed by atoms with van der Waals surface area (Å²) in [5, 5.41) is 3.39. The van der Waals surface area contributed by atoms with Gasteiger partial charge < -0.3 is 14.8 Å². The fraction of sp³-hybridized carbons (Fsp3) is 0.125. The number of carbonyl (C=O) groups is 1. The van der Waals surface area contributed by atoms with E-state index in [-0.39, 0.29) is 18.1 Å². The van der Waals surface area contributed by atoms with E-state index in [4.69, 9.17) is 9.47 Å². The molecule has 3 aromatic carbocycles. The van der Waals surface area contributed by atoms with Crippen molar-refractivity contribution in [2.24, 2.45) is 0 Å². The average molecular weight is 413 g/mol. The van der Waals surface area contributed by atoms with E-state index >= 15 is 0 Å². The largest absolute Gasteiger partial charge is 0.485 e. The number of ether oxygens (including phenoxy) is 2. The zero-order valence-corrected chi connectivity index (χ0v) is 16.7. The molecule has 1 amide bonds. The first-order valence-electron chi connectivity index (χ1n) is 9.88. The number of nitrogens with zero attached hydrogens (tertiary/aromatic N) is 2. The zero-order chi connectivity index (χ0) is 21.4. The Bertz CT molecular complexity index is 1350. The molecule has 7 heteroatoms. The summed E-state index contributed by atoms with van der Waals surface area (Å²) < 4.78 is 12.9. The maximum absolute atomic E-state index is 12.9. The van der Waals surface area contributed by atoms with Gasteiger partial charge in [0.15, 0.2) is 11.5 Å². The summed E-state index contributed by atoms with van der Waals surface area (Å²) in [5.41, 5.74) is 1.80. The lowest BCUT2D eigenvalue weighted by atomic mass is 10.2. The number of para-hydroxylation sites is 3. The summed E-state index contributed by atoms with van der Waals surface area (Å²) in [5.74, 6) is 1.46. The number of benzene rings is 3. The van der Waals surface area contributed by atoms with E-state index in [1.807, 2.05) is 30.3 Å². The van der Waals surface area contributed by atoms with Crippen LogP contribution in [0.4, 0.5) is 5.69 Å². The van der Waals surface area contributed by atoms with Crippen LogP contribution < -0.4 is 20.3 Å². The first-order chi connectivity index (χ1) is 15.1. The van der Waals surface area contributed by atoms with Gasteiger partial charge >= 0.3 is 0 Å². The summed E-state index contributed by atoms with van der Waals surface area (Å²) in [7, 11) is 0. The molecule has 1 aliphatic rings. The minimum Gasteiger partial charge on any atom is -0.485 e. The molecule has 154 valence electrons. The average Bonchev–Trinajstić information content (AvgIpc) is 2.80. The van der Waals surface area contributed by atoms with Crippen molar-refractivity contribution in [3.05, 3.63) is 89.0 Å². The van der Waals surface area contributed by atoms with E-state index < -0.39 is 6.10 Å². The second-order valence-electron chi connectivity index (χ2n) is 7.22. The normalized spacial score (nSPS) is 14.9. The Kier molecular flexibility index (Phi) is 4.63. The quantitative estimate of drug-likeness (QED) is 0.556. The van der Waals surface area contributed by atoms with Crippen molar-refractivity contribution in [3.8, 4) is 17.2 Å². The number of carbonyl (C=O) groups excluding carboxylic acids is 1. The van der Waals surface area contributed by atoms with Crippen molar-refractivity contribution in [2.45, 2.75) is 13.0 Å². The van der Waals surface area contributed by atoms with Crippen LogP contribution in [0, 0.1) is 6.92 Å². The molecule has 0 saturated carbocycles. The predicted octanol–water partition coefficient (Wildman–Crippen LogP) is 3.47. The number of amides is 1. The van der Waals surface area contributed by atoms with Crippen molar-refractivity contribution in [1.29, 1.82) is 0 Å². The first kappa shape index (κ1) is 18.9. The monoisotopic (exact) mass is 413 g/mol. The van der Waals surface area contributed by atoms with Crippen LogP contribution in [0.2, 0.25) is 0 Å². The van der Waals surface area contributed by atoms with Crippen LogP contribution in [0.3, 0.4) is 0 Å². The third-order valence-corrected chi connectivity index (χ3v) is 5.14. The van der Waals surface area contributed by atoms with Gasteiger partial charge in [-0.3, -0.25) is 14.2 Å². The molecular weight excluding hydrogens is 394 g/mol. The molecule has 0 fully saturated rings. The van der Waals surface area contributed by atoms with E-state index in [1.54, 1.807) is 54.0 Å². The van der Waals surface area contributed by atoms with Gasteiger partial charge in [-0.05, 0) is 55.5 Å². The SMILES string of the molecule is Cc1nc2ccccc2c(=O)n1-c1ccc(NC(=O)C2COc3ccccc3O2)cc1. The van der Waals surface area contributed by atoms with Gasteiger partial charge in [-0.1, -0.05) is 24.3 Å². The highest BCUT2D eigenvalue weighted by atomic mass is 16.6. The molecule has 1 aromatic heterocycles. The van der Waals surface area contributed by atoms with Gasteiger partial charge in [0, 0.05) is 5.69 Å². The van der Waals surface area contributed by atoms with Gasteiger partial charge in [-0.25, -0.2) is 4.98 Å². The van der Waals surface area contributed by atoms with Gasteiger partial charge in [0.2, 0.25) is 6.10 Å². The minimum atomic E-state index is -0.746. The molecular formula is C24H19N3O4. The highest BCUT2D eigenvalue weighted by Crippen LogP contribution is 2.31. The number of hydrogen-bond acceptors (Lipinski definition) is 5. The molecule has 1 unspecified atom stereocenters. The van der Waals surface area contributed by atoms with Crippen molar-refractivity contribution in [3.63, 3.8) is 0 Å². The molecule has 0 radical (unpaired) electrons. The van der Waals surface area contributed by atoms with Gasteiger partial charge in [0.05, 0.1) is 16.6 Å². The van der Waals surface area contributed by atoms with Crippen LogP contribution in [0.5, 0.6) is 11.5 Å². The van der Waals surface area contributed by atoms with E-state index in [0.29, 0.717) is 39.6 Å². The fourth-order valence-electron chi connectivity index (χ4n) is 3.61. The molecule has 31 heavy (non-hydrogen) atoms. The Balaban J connectivity index is 1.36. The van der Waals surface area contributed by atoms with Crippen LogP contribution in [-0.4, -0.2) is 28.2 Å². The highest BCUT2D eigenvalue weighted by Gasteiger charge is 2.27. The van der Waals surface area contributed by atoms with E-state index in [1.165, 1.54) is 0 Å². The van der Waals surface area contributed by atoms with Gasteiger partial charge in [-0.15, -0.1) is 0 Å². The van der Waals surface area contributed by atoms with Crippen LogP contribution in [0.1, 0.15) is 5.82 Å². The maximum Gasteiger partial charge on any atom is 0.269 e. The number of hydrogen-bond donors (Lipinski definition) is 1. The molecule has 0 aliphatic carbocycles. The zero-order valence-electron chi connectivity index (χ0n) is 16.7.